The number of nitrogens with zero attached hydrogens (tertiary/aromatic N) is 3. The van der Waals surface area contributed by atoms with Crippen LogP contribution in [0.3, 0.4) is 0 Å². The molecule has 3 heterocycles. The van der Waals surface area contributed by atoms with Gasteiger partial charge in [0.05, 0.1) is 12.6 Å². The van der Waals surface area contributed by atoms with Crippen molar-refractivity contribution in [3.8, 4) is 0 Å². The average molecular weight is 508 g/mol. The maximum absolute atomic E-state index is 13.3. The molecule has 5 nitrogen and oxygen atoms in total. The molecule has 0 bridgehead atoms. The molecule has 0 unspecified atom stereocenters. The lowest BCUT2D eigenvalue weighted by atomic mass is 9.93. The molecule has 0 radical (unpaired) electrons. The Balaban J connectivity index is 1.23. The fourth-order valence-electron chi connectivity index (χ4n) is 5.07. The van der Waals surface area contributed by atoms with Gasteiger partial charge in [-0.1, -0.05) is 42.8 Å². The molecule has 1 aromatic heterocycles. The van der Waals surface area contributed by atoms with Crippen molar-refractivity contribution in [2.45, 2.75) is 25.8 Å². The van der Waals surface area contributed by atoms with Gasteiger partial charge in [-0.25, -0.2) is 0 Å². The fraction of sp³-hybridized carbons (Fsp3) is 0.357. The second-order valence-corrected chi connectivity index (χ2v) is 10.6. The molecule has 2 aromatic carbocycles. The van der Waals surface area contributed by atoms with Crippen molar-refractivity contribution in [3.05, 3.63) is 92.1 Å². The van der Waals surface area contributed by atoms with Gasteiger partial charge in [-0.15, -0.1) is 11.3 Å². The van der Waals surface area contributed by atoms with Gasteiger partial charge in [-0.3, -0.25) is 14.5 Å². The van der Waals surface area contributed by atoms with Crippen molar-refractivity contribution in [2.24, 2.45) is 0 Å². The van der Waals surface area contributed by atoms with Gasteiger partial charge >= 0.3 is 0 Å². The number of rotatable bonds is 5. The van der Waals surface area contributed by atoms with Crippen LogP contribution in [0.1, 0.15) is 44.9 Å². The molecule has 0 saturated carbocycles. The third-order valence-electron chi connectivity index (χ3n) is 7.12. The molecule has 5 rings (SSSR count). The normalized spacial score (nSPS) is 18.4. The molecule has 7 heteroatoms. The van der Waals surface area contributed by atoms with Crippen molar-refractivity contribution in [1.82, 2.24) is 14.7 Å². The third-order valence-corrected chi connectivity index (χ3v) is 8.37. The number of carbonyl (C=O) groups excluding carboxylic acids is 2. The Labute approximate surface area is 215 Å². The molecule has 2 aliphatic rings. The van der Waals surface area contributed by atoms with Gasteiger partial charge < -0.3 is 9.80 Å². The van der Waals surface area contributed by atoms with Crippen LogP contribution >= 0.6 is 22.9 Å². The van der Waals surface area contributed by atoms with Crippen LogP contribution in [0.2, 0.25) is 5.02 Å². The molecule has 182 valence electrons. The smallest absolute Gasteiger partial charge is 0.253 e. The van der Waals surface area contributed by atoms with Crippen molar-refractivity contribution in [1.29, 1.82) is 0 Å². The summed E-state index contributed by atoms with van der Waals surface area (Å²) in [5.74, 6) is 0.172. The van der Waals surface area contributed by atoms with E-state index in [9.17, 15) is 9.59 Å². The molecule has 2 aliphatic heterocycles. The first-order chi connectivity index (χ1) is 17.0. The second kappa shape index (κ2) is 10.5. The number of carbonyl (C=O) groups is 2. The number of benzene rings is 2. The molecule has 1 fully saturated rings. The highest BCUT2D eigenvalue weighted by molar-refractivity contribution is 7.10. The molecule has 0 aliphatic carbocycles. The highest BCUT2D eigenvalue weighted by Gasteiger charge is 2.33. The Morgan fingerprint density at radius 3 is 2.29 bits per heavy atom. The largest absolute Gasteiger partial charge is 0.338 e. The van der Waals surface area contributed by atoms with Crippen molar-refractivity contribution >= 4 is 34.8 Å². The van der Waals surface area contributed by atoms with Gasteiger partial charge in [-0.2, -0.15) is 0 Å². The van der Waals surface area contributed by atoms with Crippen LogP contribution in [0.4, 0.5) is 0 Å². The van der Waals surface area contributed by atoms with E-state index in [1.165, 1.54) is 16.0 Å². The number of fused-ring (bicyclic) bond motifs is 1. The molecule has 3 aromatic rings. The van der Waals surface area contributed by atoms with E-state index in [0.717, 1.165) is 24.9 Å². The van der Waals surface area contributed by atoms with Crippen LogP contribution in [-0.4, -0.2) is 65.8 Å². The van der Waals surface area contributed by atoms with E-state index in [4.69, 9.17) is 11.6 Å². The lowest BCUT2D eigenvalue weighted by Gasteiger charge is -2.39. The third kappa shape index (κ3) is 5.15. The zero-order chi connectivity index (χ0) is 24.4. The number of hydrogen-bond acceptors (Lipinski definition) is 4. The van der Waals surface area contributed by atoms with Gasteiger partial charge in [0.15, 0.2) is 0 Å². The Hall–Kier alpha value is -2.67. The minimum Gasteiger partial charge on any atom is -0.338 e. The summed E-state index contributed by atoms with van der Waals surface area (Å²) in [6.45, 7) is 5.59. The van der Waals surface area contributed by atoms with E-state index in [2.05, 4.69) is 35.4 Å². The monoisotopic (exact) mass is 507 g/mol. The Bertz CT molecular complexity index is 1180. The second-order valence-electron chi connectivity index (χ2n) is 9.20. The van der Waals surface area contributed by atoms with Gasteiger partial charge in [0.25, 0.3) is 5.91 Å². The summed E-state index contributed by atoms with van der Waals surface area (Å²) in [5.41, 5.74) is 4.39. The molecular weight excluding hydrogens is 478 g/mol. The summed E-state index contributed by atoms with van der Waals surface area (Å²) in [7, 11) is 0. The molecule has 0 N–H and O–H groups in total. The Morgan fingerprint density at radius 1 is 0.914 bits per heavy atom. The SMILES string of the molecule is CCc1ccc(C(=O)N2CCN(C(=O)CN3CCc4sccc4[C@@H]3c3ccc(Cl)cc3)CC2)cc1. The molecule has 2 amide bonds. The number of amides is 2. The van der Waals surface area contributed by atoms with Crippen LogP contribution in [0.15, 0.2) is 60.0 Å². The predicted octanol–water partition coefficient (Wildman–Crippen LogP) is 4.90. The van der Waals surface area contributed by atoms with E-state index in [1.807, 2.05) is 46.2 Å². The lowest BCUT2D eigenvalue weighted by Crippen LogP contribution is -2.53. The quantitative estimate of drug-likeness (QED) is 0.493. The molecule has 1 atom stereocenters. The molecule has 0 spiro atoms. The first kappa shape index (κ1) is 24.0. The summed E-state index contributed by atoms with van der Waals surface area (Å²) in [4.78, 5) is 33.7. The molecule has 1 saturated heterocycles. The van der Waals surface area contributed by atoms with E-state index in [1.54, 1.807) is 11.3 Å². The molecular formula is C28H30ClN3O2S. The van der Waals surface area contributed by atoms with Crippen LogP contribution in [-0.2, 0) is 17.6 Å². The summed E-state index contributed by atoms with van der Waals surface area (Å²) in [6, 6.07) is 18.1. The fourth-order valence-corrected chi connectivity index (χ4v) is 6.10. The summed E-state index contributed by atoms with van der Waals surface area (Å²) in [5, 5.41) is 2.86. The number of hydrogen-bond donors (Lipinski definition) is 0. The first-order valence-corrected chi connectivity index (χ1v) is 13.5. The van der Waals surface area contributed by atoms with Gasteiger partial charge in [-0.05, 0) is 65.2 Å². The van der Waals surface area contributed by atoms with E-state index >= 15 is 0 Å². The maximum Gasteiger partial charge on any atom is 0.253 e. The minimum absolute atomic E-state index is 0.0450. The Morgan fingerprint density at radius 2 is 1.60 bits per heavy atom. The van der Waals surface area contributed by atoms with E-state index in [0.29, 0.717) is 43.3 Å². The van der Waals surface area contributed by atoms with Crippen molar-refractivity contribution < 1.29 is 9.59 Å². The summed E-state index contributed by atoms with van der Waals surface area (Å²) in [6.07, 6.45) is 1.92. The maximum atomic E-state index is 13.3. The number of thiophene rings is 1. The summed E-state index contributed by atoms with van der Waals surface area (Å²) < 4.78 is 0. The van der Waals surface area contributed by atoms with Crippen molar-refractivity contribution in [2.75, 3.05) is 39.3 Å². The highest BCUT2D eigenvalue weighted by atomic mass is 35.5. The molecule has 35 heavy (non-hydrogen) atoms. The minimum atomic E-state index is 0.0450. The van der Waals surface area contributed by atoms with Gasteiger partial charge in [0.2, 0.25) is 5.91 Å². The van der Waals surface area contributed by atoms with E-state index < -0.39 is 0 Å². The number of halogens is 1. The number of aryl methyl sites for hydroxylation is 1. The average Bonchev–Trinajstić information content (AvgIpc) is 3.38. The zero-order valence-electron chi connectivity index (χ0n) is 20.0. The van der Waals surface area contributed by atoms with Gasteiger partial charge in [0.1, 0.15) is 0 Å². The Kier molecular flexibility index (Phi) is 7.23. The topological polar surface area (TPSA) is 43.9 Å². The summed E-state index contributed by atoms with van der Waals surface area (Å²) >= 11 is 7.93. The lowest BCUT2D eigenvalue weighted by molar-refractivity contribution is -0.134. The predicted molar refractivity (Wildman–Crippen MR) is 141 cm³/mol. The van der Waals surface area contributed by atoms with Crippen LogP contribution in [0.5, 0.6) is 0 Å². The zero-order valence-corrected chi connectivity index (χ0v) is 21.5. The first-order valence-electron chi connectivity index (χ1n) is 12.2. The van der Waals surface area contributed by atoms with E-state index in [-0.39, 0.29) is 17.9 Å². The van der Waals surface area contributed by atoms with Crippen LogP contribution in [0.25, 0.3) is 0 Å². The van der Waals surface area contributed by atoms with Gasteiger partial charge in [0, 0.05) is 48.2 Å². The van der Waals surface area contributed by atoms with Crippen molar-refractivity contribution in [3.63, 3.8) is 0 Å². The standard InChI is InChI=1S/C28H30ClN3O2S/c1-2-20-3-5-22(6-4-20)28(34)31-16-14-30(15-17-31)26(33)19-32-13-11-25-24(12-18-35-25)27(32)21-7-9-23(29)10-8-21/h3-10,12,18,27H,2,11,13-17,19H2,1H3/t27-/m0/s1. The van der Waals surface area contributed by atoms with Crippen LogP contribution in [0, 0.1) is 0 Å². The van der Waals surface area contributed by atoms with Crippen LogP contribution < -0.4 is 0 Å². The number of piperazine rings is 1. The highest BCUT2D eigenvalue weighted by Crippen LogP contribution is 2.38.